The van der Waals surface area contributed by atoms with E-state index in [1.807, 2.05) is 19.1 Å². The quantitative estimate of drug-likeness (QED) is 0.783. The van der Waals surface area contributed by atoms with Crippen molar-refractivity contribution in [3.63, 3.8) is 0 Å². The second kappa shape index (κ2) is 7.67. The van der Waals surface area contributed by atoms with Gasteiger partial charge in [0, 0.05) is 11.0 Å². The van der Waals surface area contributed by atoms with Crippen LogP contribution in [0.5, 0.6) is 0 Å². The molecule has 0 aliphatic rings. The van der Waals surface area contributed by atoms with Crippen molar-refractivity contribution in [3.8, 4) is 0 Å². The van der Waals surface area contributed by atoms with E-state index in [9.17, 15) is 0 Å². The monoisotopic (exact) mass is 299 g/mol. The number of aryl methyl sites for hydroxylation is 1. The highest BCUT2D eigenvalue weighted by molar-refractivity contribution is 9.10. The Hall–Kier alpha value is -0.610. The lowest BCUT2D eigenvalue weighted by Crippen LogP contribution is -2.25. The molecular weight excluding hydrogens is 278 g/mol. The lowest BCUT2D eigenvalue weighted by molar-refractivity contribution is 0.303. The van der Waals surface area contributed by atoms with Crippen LogP contribution in [0.15, 0.2) is 16.6 Å². The molecule has 17 heavy (non-hydrogen) atoms. The number of nitrogens with zero attached hydrogens (tertiary/aromatic N) is 2. The second-order valence-electron chi connectivity index (χ2n) is 4.07. The molecule has 0 spiro atoms. The van der Waals surface area contributed by atoms with Crippen LogP contribution >= 0.6 is 15.9 Å². The van der Waals surface area contributed by atoms with Crippen molar-refractivity contribution >= 4 is 21.7 Å². The van der Waals surface area contributed by atoms with Crippen LogP contribution in [0.2, 0.25) is 0 Å². The minimum absolute atomic E-state index is 0.963. The number of anilines is 1. The summed E-state index contributed by atoms with van der Waals surface area (Å²) in [6, 6.07) is 4.05. The Morgan fingerprint density at radius 3 is 2.59 bits per heavy atom. The van der Waals surface area contributed by atoms with E-state index in [0.29, 0.717) is 0 Å². The van der Waals surface area contributed by atoms with Gasteiger partial charge in [0.05, 0.1) is 5.69 Å². The molecule has 0 bridgehead atoms. The summed E-state index contributed by atoms with van der Waals surface area (Å²) in [5.41, 5.74) is 1.03. The molecule has 1 N–H and O–H groups in total. The Bertz CT molecular complexity index is 337. The number of aromatic nitrogens is 1. The van der Waals surface area contributed by atoms with Crippen molar-refractivity contribution in [2.75, 3.05) is 31.5 Å². The fourth-order valence-corrected chi connectivity index (χ4v) is 1.92. The smallest absolute Gasteiger partial charge is 0.126 e. The summed E-state index contributed by atoms with van der Waals surface area (Å²) in [5, 5.41) is 3.36. The predicted octanol–water partition coefficient (Wildman–Crippen LogP) is 3.30. The zero-order valence-electron chi connectivity index (χ0n) is 11.0. The van der Waals surface area contributed by atoms with E-state index in [4.69, 9.17) is 0 Å². The van der Waals surface area contributed by atoms with E-state index >= 15 is 0 Å². The van der Waals surface area contributed by atoms with E-state index in [-0.39, 0.29) is 0 Å². The van der Waals surface area contributed by atoms with Crippen molar-refractivity contribution in [2.45, 2.75) is 27.2 Å². The molecule has 1 rings (SSSR count). The topological polar surface area (TPSA) is 28.2 Å². The van der Waals surface area contributed by atoms with Crippen molar-refractivity contribution in [3.05, 3.63) is 22.3 Å². The van der Waals surface area contributed by atoms with Gasteiger partial charge in [-0.15, -0.1) is 0 Å². The predicted molar refractivity (Wildman–Crippen MR) is 77.6 cm³/mol. The first-order valence-electron chi connectivity index (χ1n) is 6.26. The summed E-state index contributed by atoms with van der Waals surface area (Å²) < 4.78 is 1.06. The molecule has 0 atom stereocenters. The molecule has 1 heterocycles. The molecule has 0 aliphatic carbocycles. The standard InChI is InChI=1S/C13H22BrN3/c1-4-17(5-2)10-6-9-15-13-8-7-12(14)11(3)16-13/h7-8H,4-6,9-10H2,1-3H3,(H,15,16). The lowest BCUT2D eigenvalue weighted by Gasteiger charge is -2.17. The molecule has 0 amide bonds. The second-order valence-corrected chi connectivity index (χ2v) is 4.93. The summed E-state index contributed by atoms with van der Waals surface area (Å²) in [6.07, 6.45) is 1.15. The number of hydrogen-bond donors (Lipinski definition) is 1. The lowest BCUT2D eigenvalue weighted by atomic mass is 10.3. The minimum Gasteiger partial charge on any atom is -0.370 e. The largest absolute Gasteiger partial charge is 0.370 e. The van der Waals surface area contributed by atoms with Gasteiger partial charge in [0.2, 0.25) is 0 Å². The summed E-state index contributed by atoms with van der Waals surface area (Å²) in [5.74, 6) is 0.963. The maximum atomic E-state index is 4.46. The molecule has 3 nitrogen and oxygen atoms in total. The first-order valence-corrected chi connectivity index (χ1v) is 7.06. The highest BCUT2D eigenvalue weighted by Crippen LogP contribution is 2.15. The molecule has 0 saturated heterocycles. The third-order valence-electron chi connectivity index (χ3n) is 2.87. The van der Waals surface area contributed by atoms with Gasteiger partial charge in [-0.2, -0.15) is 0 Å². The van der Waals surface area contributed by atoms with Crippen molar-refractivity contribution in [2.24, 2.45) is 0 Å². The van der Waals surface area contributed by atoms with Crippen LogP contribution in [0.4, 0.5) is 5.82 Å². The summed E-state index contributed by atoms with van der Waals surface area (Å²) in [4.78, 5) is 6.89. The molecule has 4 heteroatoms. The van der Waals surface area contributed by atoms with Gasteiger partial charge < -0.3 is 10.2 Å². The van der Waals surface area contributed by atoms with E-state index in [2.05, 4.69) is 45.0 Å². The van der Waals surface area contributed by atoms with E-state index in [0.717, 1.165) is 48.6 Å². The van der Waals surface area contributed by atoms with E-state index < -0.39 is 0 Å². The van der Waals surface area contributed by atoms with E-state index in [1.165, 1.54) is 0 Å². The van der Waals surface area contributed by atoms with Crippen LogP contribution in [0.3, 0.4) is 0 Å². The van der Waals surface area contributed by atoms with Gasteiger partial charge in [-0.1, -0.05) is 13.8 Å². The number of hydrogen-bond acceptors (Lipinski definition) is 3. The average Bonchev–Trinajstić information content (AvgIpc) is 2.34. The normalized spacial score (nSPS) is 10.9. The Balaban J connectivity index is 2.28. The van der Waals surface area contributed by atoms with Gasteiger partial charge in [-0.25, -0.2) is 4.98 Å². The molecular formula is C13H22BrN3. The molecule has 0 radical (unpaired) electrons. The maximum Gasteiger partial charge on any atom is 0.126 e. The van der Waals surface area contributed by atoms with Gasteiger partial charge >= 0.3 is 0 Å². The zero-order chi connectivity index (χ0) is 12.7. The highest BCUT2D eigenvalue weighted by atomic mass is 79.9. The van der Waals surface area contributed by atoms with Crippen LogP contribution in [0.25, 0.3) is 0 Å². The average molecular weight is 300 g/mol. The number of halogens is 1. The summed E-state index contributed by atoms with van der Waals surface area (Å²) >= 11 is 3.45. The third kappa shape index (κ3) is 5.04. The van der Waals surface area contributed by atoms with Gasteiger partial charge in [0.1, 0.15) is 5.82 Å². The highest BCUT2D eigenvalue weighted by Gasteiger charge is 2.00. The Morgan fingerprint density at radius 1 is 1.29 bits per heavy atom. The first kappa shape index (κ1) is 14.5. The fourth-order valence-electron chi connectivity index (χ4n) is 1.70. The van der Waals surface area contributed by atoms with Crippen LogP contribution in [0, 0.1) is 6.92 Å². The molecule has 96 valence electrons. The third-order valence-corrected chi connectivity index (χ3v) is 3.71. The molecule has 0 fully saturated rings. The van der Waals surface area contributed by atoms with Crippen LogP contribution < -0.4 is 5.32 Å². The molecule has 0 unspecified atom stereocenters. The van der Waals surface area contributed by atoms with Gasteiger partial charge in [0.25, 0.3) is 0 Å². The van der Waals surface area contributed by atoms with Crippen LogP contribution in [-0.4, -0.2) is 36.1 Å². The Labute approximate surface area is 113 Å². The molecule has 1 aromatic heterocycles. The van der Waals surface area contributed by atoms with Gasteiger partial charge in [-0.3, -0.25) is 0 Å². The SMILES string of the molecule is CCN(CC)CCCNc1ccc(Br)c(C)n1. The Morgan fingerprint density at radius 2 is 2.00 bits per heavy atom. The maximum absolute atomic E-state index is 4.46. The van der Waals surface area contributed by atoms with Gasteiger partial charge in [-0.05, 0) is 61.0 Å². The molecule has 0 aliphatic heterocycles. The van der Waals surface area contributed by atoms with Crippen molar-refractivity contribution < 1.29 is 0 Å². The zero-order valence-corrected chi connectivity index (χ0v) is 12.5. The van der Waals surface area contributed by atoms with E-state index in [1.54, 1.807) is 0 Å². The Kier molecular flexibility index (Phi) is 6.52. The summed E-state index contributed by atoms with van der Waals surface area (Å²) in [6.45, 7) is 10.8. The molecule has 0 saturated carbocycles. The molecule has 0 aromatic carbocycles. The van der Waals surface area contributed by atoms with Crippen molar-refractivity contribution in [1.29, 1.82) is 0 Å². The van der Waals surface area contributed by atoms with Crippen LogP contribution in [0.1, 0.15) is 26.0 Å². The fraction of sp³-hybridized carbons (Fsp3) is 0.615. The number of rotatable bonds is 7. The number of pyridine rings is 1. The summed E-state index contributed by atoms with van der Waals surface area (Å²) in [7, 11) is 0. The number of nitrogens with one attached hydrogen (secondary N) is 1. The van der Waals surface area contributed by atoms with Crippen LogP contribution in [-0.2, 0) is 0 Å². The first-order chi connectivity index (χ1) is 8.17. The van der Waals surface area contributed by atoms with Crippen molar-refractivity contribution in [1.82, 2.24) is 9.88 Å². The van der Waals surface area contributed by atoms with Gasteiger partial charge in [0.15, 0.2) is 0 Å². The molecule has 1 aromatic rings. The minimum atomic E-state index is 0.963.